The molecule has 108 valence electrons. The molecule has 0 aliphatic heterocycles. The van der Waals surface area contributed by atoms with Crippen LogP contribution in [0, 0.1) is 11.3 Å². The van der Waals surface area contributed by atoms with Crippen molar-refractivity contribution in [1.82, 2.24) is 4.57 Å². The van der Waals surface area contributed by atoms with Gasteiger partial charge in [0.1, 0.15) is 0 Å². The lowest BCUT2D eigenvalue weighted by molar-refractivity contribution is 0.502. The van der Waals surface area contributed by atoms with Gasteiger partial charge in [-0.2, -0.15) is 0 Å². The molecular formula is C16H20ClNO2. The number of nitrogens with zero attached hydrogens (tertiary/aromatic N) is 1. The van der Waals surface area contributed by atoms with E-state index >= 15 is 0 Å². The SMILES string of the molecule is CCCn1c(=O)oc2cc(C(Cl)C3CC3(C)C)ccc21. The zero-order valence-corrected chi connectivity index (χ0v) is 12.9. The highest BCUT2D eigenvalue weighted by Crippen LogP contribution is 2.59. The topological polar surface area (TPSA) is 35.1 Å². The highest BCUT2D eigenvalue weighted by Gasteiger charge is 2.50. The van der Waals surface area contributed by atoms with Crippen LogP contribution in [0.1, 0.15) is 44.6 Å². The first-order chi connectivity index (χ1) is 9.44. The Kier molecular flexibility index (Phi) is 3.20. The Balaban J connectivity index is 1.98. The van der Waals surface area contributed by atoms with Crippen molar-refractivity contribution in [2.24, 2.45) is 11.3 Å². The Hall–Kier alpha value is -1.22. The quantitative estimate of drug-likeness (QED) is 0.787. The summed E-state index contributed by atoms with van der Waals surface area (Å²) in [7, 11) is 0. The summed E-state index contributed by atoms with van der Waals surface area (Å²) in [6.07, 6.45) is 2.06. The van der Waals surface area contributed by atoms with E-state index in [0.717, 1.165) is 23.9 Å². The molecule has 1 aliphatic carbocycles. The molecule has 1 aromatic heterocycles. The van der Waals surface area contributed by atoms with Gasteiger partial charge < -0.3 is 4.42 Å². The molecule has 1 saturated carbocycles. The van der Waals surface area contributed by atoms with E-state index in [1.54, 1.807) is 4.57 Å². The number of aryl methyl sites for hydroxylation is 1. The number of oxazole rings is 1. The molecule has 1 aromatic carbocycles. The third kappa shape index (κ3) is 2.18. The van der Waals surface area contributed by atoms with Crippen LogP contribution < -0.4 is 5.76 Å². The third-order valence-corrected chi connectivity index (χ3v) is 4.96. The van der Waals surface area contributed by atoms with Crippen molar-refractivity contribution >= 4 is 22.7 Å². The molecule has 1 fully saturated rings. The Bertz CT molecular complexity index is 698. The number of benzene rings is 1. The van der Waals surface area contributed by atoms with Gasteiger partial charge in [-0.1, -0.05) is 26.8 Å². The molecule has 2 aromatic rings. The lowest BCUT2D eigenvalue weighted by Crippen LogP contribution is -2.13. The number of alkyl halides is 1. The largest absolute Gasteiger partial charge is 0.419 e. The highest BCUT2D eigenvalue weighted by molar-refractivity contribution is 6.21. The fourth-order valence-electron chi connectivity index (χ4n) is 2.93. The Labute approximate surface area is 123 Å². The van der Waals surface area contributed by atoms with E-state index in [1.807, 2.05) is 25.1 Å². The van der Waals surface area contributed by atoms with Crippen LogP contribution in [-0.4, -0.2) is 4.57 Å². The molecule has 2 unspecified atom stereocenters. The van der Waals surface area contributed by atoms with E-state index in [1.165, 1.54) is 0 Å². The molecule has 0 radical (unpaired) electrons. The first kappa shape index (κ1) is 13.7. The summed E-state index contributed by atoms with van der Waals surface area (Å²) in [5, 5.41) is -0.00535. The van der Waals surface area contributed by atoms with E-state index < -0.39 is 0 Å². The standard InChI is InChI=1S/C16H20ClNO2/c1-4-7-18-12-6-5-10(8-13(12)20-15(18)19)14(17)11-9-16(11,2)3/h5-6,8,11,14H,4,7,9H2,1-3H3. The summed E-state index contributed by atoms with van der Waals surface area (Å²) >= 11 is 6.57. The smallest absolute Gasteiger partial charge is 0.408 e. The monoisotopic (exact) mass is 293 g/mol. The average molecular weight is 294 g/mol. The zero-order chi connectivity index (χ0) is 14.5. The minimum absolute atomic E-state index is 0.00535. The van der Waals surface area contributed by atoms with Gasteiger partial charge in [-0.05, 0) is 41.9 Å². The second-order valence-electron chi connectivity index (χ2n) is 6.45. The number of halogens is 1. The maximum Gasteiger partial charge on any atom is 0.419 e. The number of fused-ring (bicyclic) bond motifs is 1. The van der Waals surface area contributed by atoms with Crippen molar-refractivity contribution in [2.75, 3.05) is 0 Å². The van der Waals surface area contributed by atoms with Crippen LogP contribution in [0.15, 0.2) is 27.4 Å². The molecule has 0 saturated heterocycles. The van der Waals surface area contributed by atoms with E-state index in [9.17, 15) is 4.79 Å². The van der Waals surface area contributed by atoms with Crippen molar-refractivity contribution in [3.8, 4) is 0 Å². The minimum Gasteiger partial charge on any atom is -0.408 e. The highest BCUT2D eigenvalue weighted by atomic mass is 35.5. The molecule has 1 heterocycles. The first-order valence-electron chi connectivity index (χ1n) is 7.21. The molecular weight excluding hydrogens is 274 g/mol. The van der Waals surface area contributed by atoms with E-state index in [0.29, 0.717) is 23.5 Å². The van der Waals surface area contributed by atoms with Gasteiger partial charge in [-0.15, -0.1) is 11.6 Å². The number of rotatable bonds is 4. The Morgan fingerprint density at radius 1 is 1.50 bits per heavy atom. The summed E-state index contributed by atoms with van der Waals surface area (Å²) in [6.45, 7) is 7.21. The molecule has 0 amide bonds. The Morgan fingerprint density at radius 2 is 2.20 bits per heavy atom. The fraction of sp³-hybridized carbons (Fsp3) is 0.562. The van der Waals surface area contributed by atoms with Crippen LogP contribution in [0.3, 0.4) is 0 Å². The predicted molar refractivity (Wildman–Crippen MR) is 81.2 cm³/mol. The molecule has 4 heteroatoms. The normalized spacial score (nSPS) is 22.1. The van der Waals surface area contributed by atoms with Crippen LogP contribution in [0.5, 0.6) is 0 Å². The van der Waals surface area contributed by atoms with Crippen molar-refractivity contribution in [1.29, 1.82) is 0 Å². The van der Waals surface area contributed by atoms with Crippen molar-refractivity contribution in [3.63, 3.8) is 0 Å². The minimum atomic E-state index is -0.281. The van der Waals surface area contributed by atoms with Crippen LogP contribution in [0.2, 0.25) is 0 Å². The van der Waals surface area contributed by atoms with Gasteiger partial charge in [0.15, 0.2) is 5.58 Å². The molecule has 3 rings (SSSR count). The maximum absolute atomic E-state index is 11.8. The van der Waals surface area contributed by atoms with E-state index in [4.69, 9.17) is 16.0 Å². The molecule has 0 bridgehead atoms. The van der Waals surface area contributed by atoms with Crippen LogP contribution in [0.25, 0.3) is 11.1 Å². The summed E-state index contributed by atoms with van der Waals surface area (Å²) < 4.78 is 7.03. The summed E-state index contributed by atoms with van der Waals surface area (Å²) in [5.74, 6) is 0.225. The molecule has 20 heavy (non-hydrogen) atoms. The number of hydrogen-bond acceptors (Lipinski definition) is 2. The molecule has 1 aliphatic rings. The van der Waals surface area contributed by atoms with Gasteiger partial charge in [0.2, 0.25) is 0 Å². The summed E-state index contributed by atoms with van der Waals surface area (Å²) in [5.41, 5.74) is 2.88. The molecule has 3 nitrogen and oxygen atoms in total. The van der Waals surface area contributed by atoms with Crippen molar-refractivity contribution in [3.05, 3.63) is 34.3 Å². The van der Waals surface area contributed by atoms with Gasteiger partial charge in [0.05, 0.1) is 10.9 Å². The van der Waals surface area contributed by atoms with Gasteiger partial charge in [-0.25, -0.2) is 4.79 Å². The first-order valence-corrected chi connectivity index (χ1v) is 7.65. The lowest BCUT2D eigenvalue weighted by Gasteiger charge is -2.11. The maximum atomic E-state index is 11.8. The van der Waals surface area contributed by atoms with Crippen molar-refractivity contribution in [2.45, 2.75) is 45.5 Å². The fourth-order valence-corrected chi connectivity index (χ4v) is 3.50. The second kappa shape index (κ2) is 4.66. The summed E-state index contributed by atoms with van der Waals surface area (Å²) in [4.78, 5) is 11.8. The van der Waals surface area contributed by atoms with Gasteiger partial charge in [0.25, 0.3) is 0 Å². The lowest BCUT2D eigenvalue weighted by atomic mass is 10.0. The van der Waals surface area contributed by atoms with E-state index in [2.05, 4.69) is 13.8 Å². The third-order valence-electron chi connectivity index (χ3n) is 4.40. The number of aromatic nitrogens is 1. The number of hydrogen-bond donors (Lipinski definition) is 0. The van der Waals surface area contributed by atoms with Gasteiger partial charge in [-0.3, -0.25) is 4.57 Å². The van der Waals surface area contributed by atoms with Crippen LogP contribution in [0.4, 0.5) is 0 Å². The van der Waals surface area contributed by atoms with Crippen LogP contribution >= 0.6 is 11.6 Å². The predicted octanol–water partition coefficient (Wildman–Crippen LogP) is 4.33. The zero-order valence-electron chi connectivity index (χ0n) is 12.1. The van der Waals surface area contributed by atoms with E-state index in [-0.39, 0.29) is 11.1 Å². The Morgan fingerprint density at radius 3 is 2.80 bits per heavy atom. The van der Waals surface area contributed by atoms with Gasteiger partial charge in [0, 0.05) is 6.54 Å². The van der Waals surface area contributed by atoms with Crippen molar-refractivity contribution < 1.29 is 4.42 Å². The molecule has 2 atom stereocenters. The van der Waals surface area contributed by atoms with Crippen LogP contribution in [-0.2, 0) is 6.54 Å². The van der Waals surface area contributed by atoms with Gasteiger partial charge >= 0.3 is 5.76 Å². The molecule has 0 N–H and O–H groups in total. The molecule has 0 spiro atoms. The average Bonchev–Trinajstić information content (AvgIpc) is 2.92. The summed E-state index contributed by atoms with van der Waals surface area (Å²) in [6, 6.07) is 5.90. The second-order valence-corrected chi connectivity index (χ2v) is 6.92.